The van der Waals surface area contributed by atoms with Crippen molar-refractivity contribution in [1.29, 1.82) is 0 Å². The van der Waals surface area contributed by atoms with Gasteiger partial charge in [0.2, 0.25) is 0 Å². The number of carboxylic acids is 1. The normalized spacial score (nSPS) is 10.3. The number of nitrogens with zero attached hydrogens (tertiary/aromatic N) is 1. The Balaban J connectivity index is 2.27. The lowest BCUT2D eigenvalue weighted by atomic mass is 10.1. The van der Waals surface area contributed by atoms with Gasteiger partial charge in [-0.25, -0.2) is 4.79 Å². The Hall–Kier alpha value is -1.81. The summed E-state index contributed by atoms with van der Waals surface area (Å²) in [5, 5.41) is 12.9. The standard InChI is InChI=1S/C11H8ClNO3/c12-8-3-1-2-7(4-8)5-10-9(11(14)15)6-13-16-10/h1-4,6H,5H2,(H,14,15). The van der Waals surface area contributed by atoms with Gasteiger partial charge in [0.1, 0.15) is 5.56 Å². The molecule has 16 heavy (non-hydrogen) atoms. The van der Waals surface area contributed by atoms with Gasteiger partial charge in [0, 0.05) is 11.4 Å². The molecule has 0 fully saturated rings. The predicted octanol–water partition coefficient (Wildman–Crippen LogP) is 2.62. The quantitative estimate of drug-likeness (QED) is 0.891. The van der Waals surface area contributed by atoms with Crippen LogP contribution in [0.2, 0.25) is 5.02 Å². The summed E-state index contributed by atoms with van der Waals surface area (Å²) in [7, 11) is 0. The van der Waals surface area contributed by atoms with E-state index in [1.54, 1.807) is 18.2 Å². The van der Waals surface area contributed by atoms with Crippen molar-refractivity contribution >= 4 is 17.6 Å². The van der Waals surface area contributed by atoms with E-state index in [0.29, 0.717) is 17.2 Å². The van der Waals surface area contributed by atoms with Gasteiger partial charge in [-0.3, -0.25) is 0 Å². The first-order valence-electron chi connectivity index (χ1n) is 4.58. The predicted molar refractivity (Wildman–Crippen MR) is 57.7 cm³/mol. The highest BCUT2D eigenvalue weighted by Gasteiger charge is 2.15. The third-order valence-corrected chi connectivity index (χ3v) is 2.36. The highest BCUT2D eigenvalue weighted by molar-refractivity contribution is 6.30. The minimum absolute atomic E-state index is 0.0833. The van der Waals surface area contributed by atoms with E-state index in [4.69, 9.17) is 21.2 Å². The van der Waals surface area contributed by atoms with E-state index >= 15 is 0 Å². The van der Waals surface area contributed by atoms with E-state index in [0.717, 1.165) is 5.56 Å². The molecule has 0 aliphatic heterocycles. The molecule has 1 N–H and O–H groups in total. The van der Waals surface area contributed by atoms with Crippen LogP contribution in [0.25, 0.3) is 0 Å². The minimum atomic E-state index is -1.04. The lowest BCUT2D eigenvalue weighted by Crippen LogP contribution is -1.99. The molecular formula is C11H8ClNO3. The monoisotopic (exact) mass is 237 g/mol. The molecule has 4 nitrogen and oxygen atoms in total. The van der Waals surface area contributed by atoms with Crippen molar-refractivity contribution in [3.8, 4) is 0 Å². The molecule has 0 bridgehead atoms. The van der Waals surface area contributed by atoms with Crippen molar-refractivity contribution < 1.29 is 14.4 Å². The third kappa shape index (κ3) is 2.23. The topological polar surface area (TPSA) is 63.3 Å². The van der Waals surface area contributed by atoms with Crippen molar-refractivity contribution in [2.75, 3.05) is 0 Å². The Morgan fingerprint density at radius 2 is 2.31 bits per heavy atom. The minimum Gasteiger partial charge on any atom is -0.478 e. The Morgan fingerprint density at radius 1 is 1.50 bits per heavy atom. The van der Waals surface area contributed by atoms with Crippen molar-refractivity contribution in [2.24, 2.45) is 0 Å². The van der Waals surface area contributed by atoms with E-state index in [9.17, 15) is 4.79 Å². The number of halogens is 1. The van der Waals surface area contributed by atoms with Crippen molar-refractivity contribution in [3.63, 3.8) is 0 Å². The summed E-state index contributed by atoms with van der Waals surface area (Å²) >= 11 is 5.82. The summed E-state index contributed by atoms with van der Waals surface area (Å²) in [6, 6.07) is 7.16. The second-order valence-corrected chi connectivity index (χ2v) is 3.71. The summed E-state index contributed by atoms with van der Waals surface area (Å²) in [5.41, 5.74) is 0.965. The van der Waals surface area contributed by atoms with Crippen LogP contribution in [0.3, 0.4) is 0 Å². The van der Waals surface area contributed by atoms with E-state index in [1.807, 2.05) is 6.07 Å². The van der Waals surface area contributed by atoms with Gasteiger partial charge in [-0.2, -0.15) is 0 Å². The van der Waals surface area contributed by atoms with Gasteiger partial charge < -0.3 is 9.63 Å². The van der Waals surface area contributed by atoms with Gasteiger partial charge in [-0.15, -0.1) is 0 Å². The van der Waals surface area contributed by atoms with Crippen LogP contribution < -0.4 is 0 Å². The average molecular weight is 238 g/mol. The first-order chi connectivity index (χ1) is 7.66. The average Bonchev–Trinajstić information content (AvgIpc) is 2.66. The molecule has 0 saturated heterocycles. The molecule has 0 atom stereocenters. The molecule has 0 aliphatic carbocycles. The fraction of sp³-hybridized carbons (Fsp3) is 0.0909. The maximum absolute atomic E-state index is 10.8. The maximum atomic E-state index is 10.8. The van der Waals surface area contributed by atoms with E-state index in [1.165, 1.54) is 6.20 Å². The number of aromatic nitrogens is 1. The zero-order chi connectivity index (χ0) is 11.5. The first-order valence-corrected chi connectivity index (χ1v) is 4.96. The van der Waals surface area contributed by atoms with Crippen molar-refractivity contribution in [2.45, 2.75) is 6.42 Å². The SMILES string of the molecule is O=C(O)c1cnoc1Cc1cccc(Cl)c1. The zero-order valence-corrected chi connectivity index (χ0v) is 8.94. The highest BCUT2D eigenvalue weighted by atomic mass is 35.5. The van der Waals surface area contributed by atoms with Crippen LogP contribution in [0.1, 0.15) is 21.7 Å². The van der Waals surface area contributed by atoms with Crippen LogP contribution in [0.5, 0.6) is 0 Å². The first kappa shape index (κ1) is 10.7. The molecule has 2 rings (SSSR count). The second-order valence-electron chi connectivity index (χ2n) is 3.27. The molecule has 0 spiro atoms. The molecular weight excluding hydrogens is 230 g/mol. The van der Waals surface area contributed by atoms with E-state index in [-0.39, 0.29) is 5.56 Å². The summed E-state index contributed by atoms with van der Waals surface area (Å²) in [5.74, 6) is -0.715. The second kappa shape index (κ2) is 4.37. The fourth-order valence-corrected chi connectivity index (χ4v) is 1.61. The van der Waals surface area contributed by atoms with Gasteiger partial charge in [-0.1, -0.05) is 28.9 Å². The molecule has 0 radical (unpaired) electrons. The Labute approximate surface area is 96.4 Å². The van der Waals surface area contributed by atoms with Crippen LogP contribution >= 0.6 is 11.6 Å². The molecule has 1 aromatic heterocycles. The number of carbonyl (C=O) groups is 1. The summed E-state index contributed by atoms with van der Waals surface area (Å²) in [4.78, 5) is 10.8. The molecule has 82 valence electrons. The summed E-state index contributed by atoms with van der Waals surface area (Å²) in [6.07, 6.45) is 1.56. The largest absolute Gasteiger partial charge is 0.478 e. The lowest BCUT2D eigenvalue weighted by molar-refractivity contribution is 0.0694. The van der Waals surface area contributed by atoms with Gasteiger partial charge in [0.25, 0.3) is 0 Å². The van der Waals surface area contributed by atoms with E-state index in [2.05, 4.69) is 5.16 Å². The maximum Gasteiger partial charge on any atom is 0.340 e. The molecule has 5 heteroatoms. The van der Waals surface area contributed by atoms with Crippen LogP contribution in [0, 0.1) is 0 Å². The van der Waals surface area contributed by atoms with Gasteiger partial charge in [0.05, 0.1) is 6.20 Å². The summed E-state index contributed by atoms with van der Waals surface area (Å²) < 4.78 is 4.90. The Kier molecular flexibility index (Phi) is 2.92. The smallest absolute Gasteiger partial charge is 0.340 e. The van der Waals surface area contributed by atoms with Gasteiger partial charge in [-0.05, 0) is 17.7 Å². The molecule has 0 unspecified atom stereocenters. The van der Waals surface area contributed by atoms with Crippen LogP contribution in [-0.2, 0) is 6.42 Å². The highest BCUT2D eigenvalue weighted by Crippen LogP contribution is 2.17. The van der Waals surface area contributed by atoms with Crippen molar-refractivity contribution in [3.05, 3.63) is 52.4 Å². The number of benzene rings is 1. The Bertz CT molecular complexity index is 521. The molecule has 0 aliphatic rings. The molecule has 0 saturated carbocycles. The third-order valence-electron chi connectivity index (χ3n) is 2.13. The number of rotatable bonds is 3. The summed E-state index contributed by atoms with van der Waals surface area (Å²) in [6.45, 7) is 0. The molecule has 1 heterocycles. The van der Waals surface area contributed by atoms with E-state index < -0.39 is 5.97 Å². The fourth-order valence-electron chi connectivity index (χ4n) is 1.40. The van der Waals surface area contributed by atoms with Gasteiger partial charge >= 0.3 is 5.97 Å². The van der Waals surface area contributed by atoms with Gasteiger partial charge in [0.15, 0.2) is 5.76 Å². The molecule has 0 amide bonds. The molecule has 1 aromatic carbocycles. The molecule has 2 aromatic rings. The van der Waals surface area contributed by atoms with Crippen LogP contribution in [0.4, 0.5) is 0 Å². The van der Waals surface area contributed by atoms with Crippen LogP contribution in [-0.4, -0.2) is 16.2 Å². The lowest BCUT2D eigenvalue weighted by Gasteiger charge is -1.99. The number of aromatic carboxylic acids is 1. The zero-order valence-electron chi connectivity index (χ0n) is 8.18. The number of hydrogen-bond acceptors (Lipinski definition) is 3. The van der Waals surface area contributed by atoms with Crippen LogP contribution in [0.15, 0.2) is 35.0 Å². The number of carboxylic acid groups (broad SMARTS) is 1. The Morgan fingerprint density at radius 3 is 3.00 bits per heavy atom. The van der Waals surface area contributed by atoms with Crippen molar-refractivity contribution in [1.82, 2.24) is 5.16 Å². The number of hydrogen-bond donors (Lipinski definition) is 1.